The molecular formula is C26H35N3O3S. The van der Waals surface area contributed by atoms with Gasteiger partial charge >= 0.3 is 0 Å². The molecule has 0 spiro atoms. The van der Waals surface area contributed by atoms with E-state index in [4.69, 9.17) is 0 Å². The summed E-state index contributed by atoms with van der Waals surface area (Å²) in [6, 6.07) is 11.9. The molecule has 0 bridgehead atoms. The van der Waals surface area contributed by atoms with Crippen molar-refractivity contribution in [1.82, 2.24) is 9.80 Å². The van der Waals surface area contributed by atoms with Crippen LogP contribution in [0.2, 0.25) is 0 Å². The number of thiophene rings is 1. The summed E-state index contributed by atoms with van der Waals surface area (Å²) in [5.74, 6) is 0.111. The number of rotatable bonds is 9. The molecule has 0 aliphatic carbocycles. The summed E-state index contributed by atoms with van der Waals surface area (Å²) in [4.78, 5) is 34.4. The quantitative estimate of drug-likeness (QED) is 0.543. The Morgan fingerprint density at radius 3 is 2.55 bits per heavy atom. The molecule has 1 aromatic heterocycles. The smallest absolute Gasteiger partial charge is 0.256 e. The molecule has 1 unspecified atom stereocenters. The number of piperidine rings is 1. The zero-order valence-corrected chi connectivity index (χ0v) is 20.7. The molecule has 2 aromatic rings. The van der Waals surface area contributed by atoms with E-state index >= 15 is 0 Å². The van der Waals surface area contributed by atoms with Crippen LogP contribution in [0, 0.1) is 0 Å². The van der Waals surface area contributed by atoms with E-state index in [0.29, 0.717) is 42.9 Å². The maximum absolute atomic E-state index is 13.1. The van der Waals surface area contributed by atoms with E-state index in [9.17, 15) is 14.7 Å². The fourth-order valence-corrected chi connectivity index (χ4v) is 5.46. The Balaban J connectivity index is 1.55. The van der Waals surface area contributed by atoms with Crippen LogP contribution in [0.3, 0.4) is 0 Å². The first-order valence-corrected chi connectivity index (χ1v) is 12.5. The Bertz CT molecular complexity index is 964. The van der Waals surface area contributed by atoms with Crippen molar-refractivity contribution >= 4 is 34.9 Å². The van der Waals surface area contributed by atoms with Crippen molar-refractivity contribution in [3.05, 3.63) is 52.4 Å². The maximum Gasteiger partial charge on any atom is 0.256 e. The van der Waals surface area contributed by atoms with Crippen LogP contribution in [0.1, 0.15) is 66.2 Å². The Morgan fingerprint density at radius 1 is 1.27 bits per heavy atom. The van der Waals surface area contributed by atoms with Crippen LogP contribution in [-0.4, -0.2) is 65.7 Å². The van der Waals surface area contributed by atoms with E-state index in [-0.39, 0.29) is 24.3 Å². The number of aliphatic hydroxyl groups is 1. The Hall–Kier alpha value is -2.51. The second-order valence-corrected chi connectivity index (χ2v) is 10.2. The maximum atomic E-state index is 13.1. The molecule has 1 aliphatic rings. The van der Waals surface area contributed by atoms with Gasteiger partial charge in [0, 0.05) is 38.0 Å². The van der Waals surface area contributed by atoms with Gasteiger partial charge in [-0.2, -0.15) is 0 Å². The fraction of sp³-hybridized carbons (Fsp3) is 0.500. The van der Waals surface area contributed by atoms with Crippen LogP contribution in [0.5, 0.6) is 0 Å². The third-order valence-corrected chi connectivity index (χ3v) is 7.53. The molecule has 1 fully saturated rings. The average molecular weight is 470 g/mol. The van der Waals surface area contributed by atoms with Crippen LogP contribution < -0.4 is 0 Å². The molecule has 2 amide bonds. The molecule has 33 heavy (non-hydrogen) atoms. The minimum Gasteiger partial charge on any atom is -0.388 e. The van der Waals surface area contributed by atoms with Crippen LogP contribution in [0.4, 0.5) is 5.00 Å². The lowest BCUT2D eigenvalue weighted by Gasteiger charge is -2.40. The molecule has 6 nitrogen and oxygen atoms in total. The standard InChI is InChI=1S/C26H35N3O3S/c1-5-9-21-17-22(24(27-3)33-21)25(31)28(4)18-26(32)12-14-29(15-13-26)23(30)16-19(2)20-10-7-6-8-11-20/h6-8,10-11,17,19,32H,3,5,9,12-16,18H2,1-2,4H3. The van der Waals surface area contributed by atoms with Crippen molar-refractivity contribution in [2.24, 2.45) is 4.99 Å². The van der Waals surface area contributed by atoms with Crippen LogP contribution in [-0.2, 0) is 11.2 Å². The summed E-state index contributed by atoms with van der Waals surface area (Å²) >= 11 is 1.50. The first kappa shape index (κ1) is 25.1. The molecule has 1 aromatic carbocycles. The van der Waals surface area contributed by atoms with Gasteiger partial charge in [-0.05, 0) is 43.5 Å². The number of likely N-dealkylation sites (tertiary alicyclic amines) is 1. The van der Waals surface area contributed by atoms with Crippen molar-refractivity contribution in [2.75, 3.05) is 26.7 Å². The lowest BCUT2D eigenvalue weighted by atomic mass is 9.90. The molecule has 3 rings (SSSR count). The highest BCUT2D eigenvalue weighted by molar-refractivity contribution is 7.16. The first-order chi connectivity index (χ1) is 15.8. The highest BCUT2D eigenvalue weighted by Gasteiger charge is 2.36. The van der Waals surface area contributed by atoms with Crippen LogP contribution >= 0.6 is 11.3 Å². The summed E-state index contributed by atoms with van der Waals surface area (Å²) in [7, 11) is 1.71. The SMILES string of the molecule is C=Nc1sc(CCC)cc1C(=O)N(C)CC1(O)CCN(C(=O)CC(C)c2ccccc2)CC1. The molecular weight excluding hydrogens is 434 g/mol. The first-order valence-electron chi connectivity index (χ1n) is 11.7. The summed E-state index contributed by atoms with van der Waals surface area (Å²) in [6.45, 7) is 8.99. The van der Waals surface area contributed by atoms with Crippen LogP contribution in [0.15, 0.2) is 41.4 Å². The number of aryl methyl sites for hydroxylation is 1. The minimum atomic E-state index is -1.00. The third kappa shape index (κ3) is 6.30. The summed E-state index contributed by atoms with van der Waals surface area (Å²) in [6.07, 6.45) is 3.26. The molecule has 1 saturated heterocycles. The normalized spacial score (nSPS) is 16.3. The molecule has 0 radical (unpaired) electrons. The largest absolute Gasteiger partial charge is 0.388 e. The summed E-state index contributed by atoms with van der Waals surface area (Å²) < 4.78 is 0. The number of hydrogen-bond donors (Lipinski definition) is 1. The minimum absolute atomic E-state index is 0.112. The molecule has 1 aliphatic heterocycles. The number of amides is 2. The van der Waals surface area contributed by atoms with Gasteiger partial charge in [-0.25, -0.2) is 0 Å². The van der Waals surface area contributed by atoms with Crippen molar-refractivity contribution in [2.45, 2.75) is 57.5 Å². The van der Waals surface area contributed by atoms with Gasteiger partial charge in [0.05, 0.1) is 11.2 Å². The highest BCUT2D eigenvalue weighted by Crippen LogP contribution is 2.33. The van der Waals surface area contributed by atoms with Crippen LogP contribution in [0.25, 0.3) is 0 Å². The van der Waals surface area contributed by atoms with E-state index in [1.165, 1.54) is 11.3 Å². The third-order valence-electron chi connectivity index (χ3n) is 6.41. The molecule has 7 heteroatoms. The highest BCUT2D eigenvalue weighted by atomic mass is 32.1. The number of likely N-dealkylation sites (N-methyl/N-ethyl adjacent to an activating group) is 1. The Labute approximate surface area is 200 Å². The zero-order chi connectivity index (χ0) is 24.0. The molecule has 1 atom stereocenters. The van der Waals surface area contributed by atoms with E-state index in [1.807, 2.05) is 41.3 Å². The van der Waals surface area contributed by atoms with Gasteiger partial charge in [-0.1, -0.05) is 50.6 Å². The lowest BCUT2D eigenvalue weighted by molar-refractivity contribution is -0.136. The number of aliphatic imine (C=N–C) groups is 1. The second kappa shape index (κ2) is 11.1. The van der Waals surface area contributed by atoms with Crippen molar-refractivity contribution in [3.8, 4) is 0 Å². The average Bonchev–Trinajstić information content (AvgIpc) is 3.22. The molecule has 1 N–H and O–H groups in total. The van der Waals surface area contributed by atoms with Gasteiger partial charge in [0.1, 0.15) is 5.00 Å². The van der Waals surface area contributed by atoms with Gasteiger partial charge in [0.25, 0.3) is 5.91 Å². The zero-order valence-electron chi connectivity index (χ0n) is 19.9. The lowest BCUT2D eigenvalue weighted by Crippen LogP contribution is -2.52. The number of carbonyl (C=O) groups excluding carboxylic acids is 2. The van der Waals surface area contributed by atoms with Gasteiger partial charge in [-0.3, -0.25) is 14.6 Å². The van der Waals surface area contributed by atoms with E-state index in [0.717, 1.165) is 23.3 Å². The number of benzene rings is 1. The van der Waals surface area contributed by atoms with Crippen molar-refractivity contribution in [1.29, 1.82) is 0 Å². The fourth-order valence-electron chi connectivity index (χ4n) is 4.41. The molecule has 2 heterocycles. The van der Waals surface area contributed by atoms with Gasteiger partial charge < -0.3 is 14.9 Å². The Kier molecular flexibility index (Phi) is 8.43. The molecule has 178 valence electrons. The summed E-state index contributed by atoms with van der Waals surface area (Å²) in [5.41, 5.74) is 0.700. The number of hydrogen-bond acceptors (Lipinski definition) is 5. The van der Waals surface area contributed by atoms with E-state index < -0.39 is 5.60 Å². The van der Waals surface area contributed by atoms with E-state index in [1.54, 1.807) is 11.9 Å². The number of nitrogens with zero attached hydrogens (tertiary/aromatic N) is 3. The Morgan fingerprint density at radius 2 is 1.94 bits per heavy atom. The monoisotopic (exact) mass is 469 g/mol. The summed E-state index contributed by atoms with van der Waals surface area (Å²) in [5, 5.41) is 11.8. The predicted molar refractivity (Wildman–Crippen MR) is 135 cm³/mol. The van der Waals surface area contributed by atoms with Gasteiger partial charge in [0.2, 0.25) is 5.91 Å². The van der Waals surface area contributed by atoms with Gasteiger partial charge in [-0.15, -0.1) is 11.3 Å². The van der Waals surface area contributed by atoms with Gasteiger partial charge in [0.15, 0.2) is 0 Å². The van der Waals surface area contributed by atoms with E-state index in [2.05, 4.69) is 25.6 Å². The van der Waals surface area contributed by atoms with Crippen molar-refractivity contribution < 1.29 is 14.7 Å². The second-order valence-electron chi connectivity index (χ2n) is 9.12. The molecule has 0 saturated carbocycles. The van der Waals surface area contributed by atoms with Crippen molar-refractivity contribution in [3.63, 3.8) is 0 Å². The topological polar surface area (TPSA) is 73.2 Å². The predicted octanol–water partition coefficient (Wildman–Crippen LogP) is 4.65. The number of carbonyl (C=O) groups is 2.